The van der Waals surface area contributed by atoms with Gasteiger partial charge in [0.1, 0.15) is 5.75 Å². The van der Waals surface area contributed by atoms with E-state index in [2.05, 4.69) is 9.80 Å². The van der Waals surface area contributed by atoms with Crippen molar-refractivity contribution >= 4 is 11.8 Å². The Labute approximate surface area is 185 Å². The second-order valence-corrected chi connectivity index (χ2v) is 10.5. The van der Waals surface area contributed by atoms with Crippen LogP contribution < -0.4 is 0 Å². The van der Waals surface area contributed by atoms with Gasteiger partial charge in [0.2, 0.25) is 11.8 Å². The van der Waals surface area contributed by atoms with Crippen molar-refractivity contribution in [3.63, 3.8) is 0 Å². The summed E-state index contributed by atoms with van der Waals surface area (Å²) in [5.74, 6) is 2.30. The molecular weight excluding hydrogens is 388 g/mol. The number of hydrogen-bond acceptors (Lipinski definition) is 3. The summed E-state index contributed by atoms with van der Waals surface area (Å²) in [6, 6.07) is 7.68. The van der Waals surface area contributed by atoms with Crippen LogP contribution in [0.5, 0.6) is 5.75 Å². The van der Waals surface area contributed by atoms with Crippen molar-refractivity contribution < 1.29 is 14.7 Å². The molecule has 0 radical (unpaired) electrons. The van der Waals surface area contributed by atoms with Crippen molar-refractivity contribution in [1.29, 1.82) is 0 Å². The number of aromatic hydroxyl groups is 1. The topological polar surface area (TPSA) is 60.9 Å². The number of likely N-dealkylation sites (tertiary alicyclic amines) is 1. The molecule has 5 rings (SSSR count). The van der Waals surface area contributed by atoms with E-state index in [1.807, 2.05) is 6.07 Å². The normalized spacial score (nSPS) is 31.4. The zero-order valence-corrected chi connectivity index (χ0v) is 18.5. The summed E-state index contributed by atoms with van der Waals surface area (Å²) in [4.78, 5) is 30.6. The summed E-state index contributed by atoms with van der Waals surface area (Å²) in [6.07, 6.45) is 12.1. The molecule has 3 aliphatic heterocycles. The van der Waals surface area contributed by atoms with E-state index in [4.69, 9.17) is 0 Å². The van der Waals surface area contributed by atoms with Gasteiger partial charge in [-0.3, -0.25) is 9.59 Å². The summed E-state index contributed by atoms with van der Waals surface area (Å²) in [7, 11) is 0. The summed E-state index contributed by atoms with van der Waals surface area (Å²) in [5.41, 5.74) is 0.869. The van der Waals surface area contributed by atoms with Crippen LogP contribution >= 0.6 is 0 Å². The first-order valence-corrected chi connectivity index (χ1v) is 12.5. The average Bonchev–Trinajstić information content (AvgIpc) is 2.77. The largest absolute Gasteiger partial charge is 0.508 e. The number of nitrogens with zero attached hydrogens (tertiary/aromatic N) is 2. The van der Waals surface area contributed by atoms with E-state index in [1.165, 1.54) is 38.5 Å². The predicted octanol–water partition coefficient (Wildman–Crippen LogP) is 4.13. The molecule has 1 saturated carbocycles. The van der Waals surface area contributed by atoms with Crippen LogP contribution in [0.15, 0.2) is 24.3 Å². The Morgan fingerprint density at radius 2 is 1.84 bits per heavy atom. The fourth-order valence-corrected chi connectivity index (χ4v) is 7.00. The van der Waals surface area contributed by atoms with Crippen LogP contribution in [0.4, 0.5) is 0 Å². The number of carbonyl (C=O) groups excluding carboxylic acids is 2. The molecule has 5 heteroatoms. The Bertz CT molecular complexity index is 819. The minimum atomic E-state index is 0.160. The van der Waals surface area contributed by atoms with Crippen molar-refractivity contribution in [1.82, 2.24) is 9.80 Å². The number of benzene rings is 1. The molecule has 2 bridgehead atoms. The lowest BCUT2D eigenvalue weighted by Crippen LogP contribution is -2.65. The Morgan fingerprint density at radius 3 is 2.65 bits per heavy atom. The van der Waals surface area contributed by atoms with Gasteiger partial charge in [0.15, 0.2) is 0 Å². The maximum atomic E-state index is 13.2. The number of amides is 2. The smallest absolute Gasteiger partial charge is 0.227 e. The van der Waals surface area contributed by atoms with E-state index >= 15 is 0 Å². The van der Waals surface area contributed by atoms with Gasteiger partial charge in [0.05, 0.1) is 6.42 Å². The number of phenolic OH excluding ortho intramolecular Hbond substituents is 1. The van der Waals surface area contributed by atoms with Crippen molar-refractivity contribution in [2.75, 3.05) is 13.1 Å². The highest BCUT2D eigenvalue weighted by Crippen LogP contribution is 2.44. The molecule has 0 spiro atoms. The van der Waals surface area contributed by atoms with Crippen molar-refractivity contribution in [3.05, 3.63) is 29.8 Å². The molecule has 4 atom stereocenters. The SMILES string of the molecule is O=C(Cc1cccc(O)c1)N1C[C@H]2C[C@@H](C1)[C@H](CC1CCCCC1)N1C(=O)CCC[C@@H]21. The molecule has 0 aromatic heterocycles. The zero-order chi connectivity index (χ0) is 21.4. The maximum Gasteiger partial charge on any atom is 0.227 e. The lowest BCUT2D eigenvalue weighted by Gasteiger charge is -2.57. The van der Waals surface area contributed by atoms with Crippen molar-refractivity contribution in [2.45, 2.75) is 82.7 Å². The van der Waals surface area contributed by atoms with E-state index < -0.39 is 0 Å². The predicted molar refractivity (Wildman–Crippen MR) is 119 cm³/mol. The lowest BCUT2D eigenvalue weighted by molar-refractivity contribution is -0.157. The van der Waals surface area contributed by atoms with Crippen LogP contribution in [0.25, 0.3) is 0 Å². The molecule has 3 saturated heterocycles. The van der Waals surface area contributed by atoms with Gasteiger partial charge in [0.25, 0.3) is 0 Å². The van der Waals surface area contributed by atoms with Gasteiger partial charge in [-0.2, -0.15) is 0 Å². The van der Waals surface area contributed by atoms with E-state index in [-0.39, 0.29) is 11.7 Å². The highest BCUT2D eigenvalue weighted by Gasteiger charge is 2.50. The van der Waals surface area contributed by atoms with Gasteiger partial charge in [-0.25, -0.2) is 0 Å². The van der Waals surface area contributed by atoms with Crippen molar-refractivity contribution in [3.8, 4) is 5.75 Å². The third-order valence-corrected chi connectivity index (χ3v) is 8.41. The minimum absolute atomic E-state index is 0.160. The molecule has 5 nitrogen and oxygen atoms in total. The number of fused-ring (bicyclic) bond motifs is 4. The molecule has 3 heterocycles. The van der Waals surface area contributed by atoms with Gasteiger partial charge in [-0.1, -0.05) is 44.2 Å². The monoisotopic (exact) mass is 424 g/mol. The molecule has 4 fully saturated rings. The number of rotatable bonds is 4. The van der Waals surface area contributed by atoms with E-state index in [0.717, 1.165) is 43.8 Å². The Hall–Kier alpha value is -2.04. The first-order valence-electron chi connectivity index (χ1n) is 12.5. The third kappa shape index (κ3) is 4.33. The first-order chi connectivity index (χ1) is 15.1. The average molecular weight is 425 g/mol. The molecule has 31 heavy (non-hydrogen) atoms. The minimum Gasteiger partial charge on any atom is -0.508 e. The molecule has 4 aliphatic rings. The van der Waals surface area contributed by atoms with Crippen molar-refractivity contribution in [2.24, 2.45) is 17.8 Å². The van der Waals surface area contributed by atoms with Gasteiger partial charge in [-0.15, -0.1) is 0 Å². The second-order valence-electron chi connectivity index (χ2n) is 10.5. The standard InChI is InChI=1S/C26H36N2O3/c29-22-9-4-8-19(12-22)14-26(31)27-16-20-15-21(17-27)24(13-18-6-2-1-3-7-18)28-23(20)10-5-11-25(28)30/h4,8-9,12,18,20-21,23-24,29H,1-3,5-7,10-11,13-17H2/t20-,21+,23+,24+/m1/s1. The van der Waals surface area contributed by atoms with Crippen LogP contribution in [-0.4, -0.2) is 51.9 Å². The fraction of sp³-hybridized carbons (Fsp3) is 0.692. The zero-order valence-electron chi connectivity index (χ0n) is 18.5. The quantitative estimate of drug-likeness (QED) is 0.790. The van der Waals surface area contributed by atoms with Crippen LogP contribution in [0.1, 0.15) is 69.8 Å². The van der Waals surface area contributed by atoms with Crippen LogP contribution in [0.3, 0.4) is 0 Å². The van der Waals surface area contributed by atoms with Crippen LogP contribution in [-0.2, 0) is 16.0 Å². The Morgan fingerprint density at radius 1 is 1.03 bits per heavy atom. The molecule has 2 amide bonds. The summed E-state index contributed by atoms with van der Waals surface area (Å²) >= 11 is 0. The number of hydrogen-bond donors (Lipinski definition) is 1. The molecule has 168 valence electrons. The molecular formula is C26H36N2O3. The highest BCUT2D eigenvalue weighted by molar-refractivity contribution is 5.80. The molecule has 1 N–H and O–H groups in total. The van der Waals surface area contributed by atoms with Crippen LogP contribution in [0, 0.1) is 17.8 Å². The fourth-order valence-electron chi connectivity index (χ4n) is 7.00. The first kappa shape index (κ1) is 20.8. The van der Waals surface area contributed by atoms with Crippen LogP contribution in [0.2, 0.25) is 0 Å². The second kappa shape index (κ2) is 8.84. The molecule has 1 aromatic carbocycles. The van der Waals surface area contributed by atoms with E-state index in [9.17, 15) is 14.7 Å². The van der Waals surface area contributed by atoms with E-state index in [0.29, 0.717) is 42.7 Å². The molecule has 1 aliphatic carbocycles. The summed E-state index contributed by atoms with van der Waals surface area (Å²) in [6.45, 7) is 1.56. The molecule has 0 unspecified atom stereocenters. The van der Waals surface area contributed by atoms with Gasteiger partial charge in [-0.05, 0) is 61.1 Å². The number of carbonyl (C=O) groups is 2. The highest BCUT2D eigenvalue weighted by atomic mass is 16.3. The number of phenols is 1. The van der Waals surface area contributed by atoms with Gasteiger partial charge in [0, 0.05) is 31.6 Å². The third-order valence-electron chi connectivity index (χ3n) is 8.41. The lowest BCUT2D eigenvalue weighted by atomic mass is 9.69. The van der Waals surface area contributed by atoms with Gasteiger partial charge < -0.3 is 14.9 Å². The Kier molecular flexibility index (Phi) is 5.94. The van der Waals surface area contributed by atoms with E-state index in [1.54, 1.807) is 18.2 Å². The molecule has 1 aromatic rings. The Balaban J connectivity index is 1.34. The van der Waals surface area contributed by atoms with Gasteiger partial charge >= 0.3 is 0 Å². The maximum absolute atomic E-state index is 13.2. The summed E-state index contributed by atoms with van der Waals surface area (Å²) in [5, 5.41) is 9.75. The summed E-state index contributed by atoms with van der Waals surface area (Å²) < 4.78 is 0. The number of piperidine rings is 3.